The summed E-state index contributed by atoms with van der Waals surface area (Å²) >= 11 is 0. The SMILES string of the molecule is CCN(CC)c1ccc(NC(=O)CNCCc2ccccc2F)c(C)c1. The van der Waals surface area contributed by atoms with Crippen LogP contribution in [0.4, 0.5) is 15.8 Å². The van der Waals surface area contributed by atoms with Gasteiger partial charge in [0.05, 0.1) is 6.54 Å². The smallest absolute Gasteiger partial charge is 0.238 e. The summed E-state index contributed by atoms with van der Waals surface area (Å²) < 4.78 is 13.5. The molecule has 0 aliphatic rings. The first kappa shape index (κ1) is 19.9. The fourth-order valence-electron chi connectivity index (χ4n) is 2.89. The molecule has 0 radical (unpaired) electrons. The number of halogens is 1. The molecule has 1 amide bonds. The van der Waals surface area contributed by atoms with E-state index in [2.05, 4.69) is 35.4 Å². The van der Waals surface area contributed by atoms with Gasteiger partial charge in [-0.1, -0.05) is 18.2 Å². The summed E-state index contributed by atoms with van der Waals surface area (Å²) in [6.07, 6.45) is 0.553. The maximum Gasteiger partial charge on any atom is 0.238 e. The zero-order valence-electron chi connectivity index (χ0n) is 15.8. The second-order valence-electron chi connectivity index (χ2n) is 6.24. The van der Waals surface area contributed by atoms with E-state index in [1.807, 2.05) is 25.1 Å². The lowest BCUT2D eigenvalue weighted by molar-refractivity contribution is -0.115. The average Bonchev–Trinajstić information content (AvgIpc) is 2.63. The second kappa shape index (κ2) is 9.92. The van der Waals surface area contributed by atoms with Gasteiger partial charge in [0.15, 0.2) is 0 Å². The fourth-order valence-corrected chi connectivity index (χ4v) is 2.89. The van der Waals surface area contributed by atoms with Crippen LogP contribution in [-0.2, 0) is 11.2 Å². The Hall–Kier alpha value is -2.40. The molecule has 2 aromatic carbocycles. The summed E-state index contributed by atoms with van der Waals surface area (Å²) in [6, 6.07) is 12.8. The number of nitrogens with zero attached hydrogens (tertiary/aromatic N) is 1. The molecule has 140 valence electrons. The summed E-state index contributed by atoms with van der Waals surface area (Å²) in [6.45, 7) is 8.90. The number of anilines is 2. The van der Waals surface area contributed by atoms with Gasteiger partial charge in [0.1, 0.15) is 5.82 Å². The molecule has 4 nitrogen and oxygen atoms in total. The third-order valence-electron chi connectivity index (χ3n) is 4.43. The molecule has 2 N–H and O–H groups in total. The Kier molecular flexibility index (Phi) is 7.60. The highest BCUT2D eigenvalue weighted by Crippen LogP contribution is 2.22. The molecule has 2 aromatic rings. The Labute approximate surface area is 155 Å². The minimum atomic E-state index is -0.206. The lowest BCUT2D eigenvalue weighted by atomic mass is 10.1. The van der Waals surface area contributed by atoms with Gasteiger partial charge in [-0.25, -0.2) is 4.39 Å². The number of amides is 1. The normalized spacial score (nSPS) is 10.6. The number of rotatable bonds is 9. The predicted octanol–water partition coefficient (Wildman–Crippen LogP) is 3.75. The van der Waals surface area contributed by atoms with E-state index in [-0.39, 0.29) is 18.3 Å². The van der Waals surface area contributed by atoms with Crippen molar-refractivity contribution >= 4 is 17.3 Å². The molecule has 0 heterocycles. The van der Waals surface area contributed by atoms with Crippen LogP contribution in [0, 0.1) is 12.7 Å². The largest absolute Gasteiger partial charge is 0.372 e. The summed E-state index contributed by atoms with van der Waals surface area (Å²) in [5.41, 5.74) is 3.67. The molecule has 0 saturated carbocycles. The van der Waals surface area contributed by atoms with Crippen LogP contribution in [0.15, 0.2) is 42.5 Å². The van der Waals surface area contributed by atoms with Gasteiger partial charge in [-0.15, -0.1) is 0 Å². The van der Waals surface area contributed by atoms with E-state index in [4.69, 9.17) is 0 Å². The lowest BCUT2D eigenvalue weighted by Crippen LogP contribution is -2.30. The molecule has 0 spiro atoms. The number of hydrogen-bond acceptors (Lipinski definition) is 3. The highest BCUT2D eigenvalue weighted by Gasteiger charge is 2.08. The molecule has 0 fully saturated rings. The first-order chi connectivity index (χ1) is 12.5. The zero-order chi connectivity index (χ0) is 18.9. The van der Waals surface area contributed by atoms with Crippen LogP contribution in [-0.4, -0.2) is 32.1 Å². The Bertz CT molecular complexity index is 729. The maximum absolute atomic E-state index is 13.5. The van der Waals surface area contributed by atoms with Crippen molar-refractivity contribution in [3.05, 3.63) is 59.4 Å². The zero-order valence-corrected chi connectivity index (χ0v) is 15.8. The van der Waals surface area contributed by atoms with E-state index in [0.717, 1.165) is 30.0 Å². The number of benzene rings is 2. The van der Waals surface area contributed by atoms with Crippen molar-refractivity contribution in [1.82, 2.24) is 5.32 Å². The van der Waals surface area contributed by atoms with E-state index in [1.165, 1.54) is 6.07 Å². The monoisotopic (exact) mass is 357 g/mol. The molecule has 0 unspecified atom stereocenters. The van der Waals surface area contributed by atoms with Crippen LogP contribution in [0.2, 0.25) is 0 Å². The average molecular weight is 357 g/mol. The molecule has 0 atom stereocenters. The predicted molar refractivity (Wildman–Crippen MR) is 106 cm³/mol. The second-order valence-corrected chi connectivity index (χ2v) is 6.24. The molecular weight excluding hydrogens is 329 g/mol. The molecule has 0 saturated heterocycles. The Morgan fingerprint density at radius 2 is 1.85 bits per heavy atom. The van der Waals surface area contributed by atoms with Crippen molar-refractivity contribution in [3.63, 3.8) is 0 Å². The number of carbonyl (C=O) groups is 1. The molecular formula is C21H28FN3O. The van der Waals surface area contributed by atoms with Crippen LogP contribution in [0.3, 0.4) is 0 Å². The number of carbonyl (C=O) groups excluding carboxylic acids is 1. The summed E-state index contributed by atoms with van der Waals surface area (Å²) in [5, 5.41) is 5.99. The van der Waals surface area contributed by atoms with Gasteiger partial charge < -0.3 is 15.5 Å². The van der Waals surface area contributed by atoms with Crippen molar-refractivity contribution in [2.24, 2.45) is 0 Å². The minimum absolute atomic E-state index is 0.0998. The molecule has 0 aliphatic carbocycles. The van der Waals surface area contributed by atoms with Crippen molar-refractivity contribution < 1.29 is 9.18 Å². The third kappa shape index (κ3) is 5.56. The molecule has 5 heteroatoms. The first-order valence-electron chi connectivity index (χ1n) is 9.14. The van der Waals surface area contributed by atoms with Crippen molar-refractivity contribution in [1.29, 1.82) is 0 Å². The third-order valence-corrected chi connectivity index (χ3v) is 4.43. The number of aryl methyl sites for hydroxylation is 1. The van der Waals surface area contributed by atoms with Gasteiger partial charge in [-0.2, -0.15) is 0 Å². The highest BCUT2D eigenvalue weighted by molar-refractivity contribution is 5.93. The van der Waals surface area contributed by atoms with Crippen LogP contribution in [0.25, 0.3) is 0 Å². The summed E-state index contributed by atoms with van der Waals surface area (Å²) in [7, 11) is 0. The first-order valence-corrected chi connectivity index (χ1v) is 9.14. The molecule has 0 bridgehead atoms. The van der Waals surface area contributed by atoms with Crippen LogP contribution >= 0.6 is 0 Å². The van der Waals surface area contributed by atoms with Crippen LogP contribution < -0.4 is 15.5 Å². The van der Waals surface area contributed by atoms with E-state index >= 15 is 0 Å². The van der Waals surface area contributed by atoms with Crippen molar-refractivity contribution in [2.45, 2.75) is 27.2 Å². The topological polar surface area (TPSA) is 44.4 Å². The number of hydrogen-bond donors (Lipinski definition) is 2. The van der Waals surface area contributed by atoms with E-state index < -0.39 is 0 Å². The van der Waals surface area contributed by atoms with Gasteiger partial charge in [0.25, 0.3) is 0 Å². The molecule has 2 rings (SSSR count). The summed E-state index contributed by atoms with van der Waals surface area (Å²) in [4.78, 5) is 14.4. The van der Waals surface area contributed by atoms with Gasteiger partial charge in [-0.05, 0) is 69.1 Å². The van der Waals surface area contributed by atoms with Gasteiger partial charge in [0, 0.05) is 24.5 Å². The van der Waals surface area contributed by atoms with Gasteiger partial charge in [-0.3, -0.25) is 4.79 Å². The Balaban J connectivity index is 1.81. The van der Waals surface area contributed by atoms with Gasteiger partial charge >= 0.3 is 0 Å². The standard InChI is InChI=1S/C21H28FN3O/c1-4-25(5-2)18-10-11-20(16(3)14-18)24-21(26)15-23-13-12-17-8-6-7-9-19(17)22/h6-11,14,23H,4-5,12-13,15H2,1-3H3,(H,24,26). The number of nitrogens with one attached hydrogen (secondary N) is 2. The fraction of sp³-hybridized carbons (Fsp3) is 0.381. The van der Waals surface area contributed by atoms with E-state index in [0.29, 0.717) is 18.5 Å². The molecule has 0 aliphatic heterocycles. The van der Waals surface area contributed by atoms with Gasteiger partial charge in [0.2, 0.25) is 5.91 Å². The Morgan fingerprint density at radius 1 is 1.12 bits per heavy atom. The molecule has 0 aromatic heterocycles. The molecule has 26 heavy (non-hydrogen) atoms. The minimum Gasteiger partial charge on any atom is -0.372 e. The quantitative estimate of drug-likeness (QED) is 0.672. The van der Waals surface area contributed by atoms with E-state index in [9.17, 15) is 9.18 Å². The van der Waals surface area contributed by atoms with Crippen LogP contribution in [0.1, 0.15) is 25.0 Å². The van der Waals surface area contributed by atoms with Crippen molar-refractivity contribution in [3.8, 4) is 0 Å². The highest BCUT2D eigenvalue weighted by atomic mass is 19.1. The van der Waals surface area contributed by atoms with E-state index in [1.54, 1.807) is 12.1 Å². The van der Waals surface area contributed by atoms with Crippen LogP contribution in [0.5, 0.6) is 0 Å². The lowest BCUT2D eigenvalue weighted by Gasteiger charge is -2.22. The Morgan fingerprint density at radius 3 is 2.50 bits per heavy atom. The summed E-state index contributed by atoms with van der Waals surface area (Å²) in [5.74, 6) is -0.306. The maximum atomic E-state index is 13.5. The van der Waals surface area contributed by atoms with Crippen molar-refractivity contribution in [2.75, 3.05) is 36.4 Å².